The average Bonchev–Trinajstić information content (AvgIpc) is 2.93. The van der Waals surface area contributed by atoms with E-state index in [1.54, 1.807) is 6.07 Å². The van der Waals surface area contributed by atoms with Gasteiger partial charge in [-0.15, -0.1) is 5.10 Å². The molecule has 1 aliphatic rings. The van der Waals surface area contributed by atoms with Gasteiger partial charge >= 0.3 is 0 Å². The first-order chi connectivity index (χ1) is 10.6. The molecule has 0 saturated heterocycles. The number of benzene rings is 2. The van der Waals surface area contributed by atoms with E-state index < -0.39 is 6.23 Å². The fourth-order valence-corrected chi connectivity index (χ4v) is 2.65. The summed E-state index contributed by atoms with van der Waals surface area (Å²) < 4.78 is 6.84. The lowest BCUT2D eigenvalue weighted by Gasteiger charge is -2.20. The molecule has 1 heterocycles. The largest absolute Gasteiger partial charge is 0.446 e. The highest BCUT2D eigenvalue weighted by atomic mass is 79.9. The summed E-state index contributed by atoms with van der Waals surface area (Å²) in [6.07, 6.45) is -0.648. The second-order valence-electron chi connectivity index (χ2n) is 4.77. The molecule has 0 aromatic heterocycles. The molecule has 4 nitrogen and oxygen atoms in total. The van der Waals surface area contributed by atoms with Crippen LogP contribution >= 0.6 is 27.5 Å². The fraction of sp³-hybridized carbons (Fsp3) is 0.125. The minimum absolute atomic E-state index is 0.211. The second-order valence-corrected chi connectivity index (χ2v) is 6.09. The lowest BCUT2D eigenvalue weighted by atomic mass is 10.2. The van der Waals surface area contributed by atoms with Gasteiger partial charge in [-0.05, 0) is 30.3 Å². The van der Waals surface area contributed by atoms with E-state index in [9.17, 15) is 4.79 Å². The van der Waals surface area contributed by atoms with Crippen LogP contribution in [0.3, 0.4) is 0 Å². The van der Waals surface area contributed by atoms with Crippen molar-refractivity contribution in [2.24, 2.45) is 5.10 Å². The zero-order valence-electron chi connectivity index (χ0n) is 11.7. The molecule has 0 unspecified atom stereocenters. The summed E-state index contributed by atoms with van der Waals surface area (Å²) in [6, 6.07) is 14.8. The number of hydrogen-bond donors (Lipinski definition) is 0. The first kappa shape index (κ1) is 15.1. The number of hydrazone groups is 1. The van der Waals surface area contributed by atoms with Crippen molar-refractivity contribution in [1.82, 2.24) is 5.01 Å². The summed E-state index contributed by atoms with van der Waals surface area (Å²) in [5, 5.41) is 6.13. The lowest BCUT2D eigenvalue weighted by molar-refractivity contribution is -0.135. The third kappa shape index (κ3) is 2.87. The molecule has 0 bridgehead atoms. The SMILES string of the molecule is CC(=O)N1N=C(c2ccc(Br)cc2)O[C@@H]1c1ccccc1Cl. The summed E-state index contributed by atoms with van der Waals surface area (Å²) in [5.74, 6) is 0.185. The van der Waals surface area contributed by atoms with Crippen molar-refractivity contribution in [3.05, 3.63) is 69.2 Å². The maximum absolute atomic E-state index is 11.9. The predicted octanol–water partition coefficient (Wildman–Crippen LogP) is 4.34. The van der Waals surface area contributed by atoms with Crippen molar-refractivity contribution in [2.75, 3.05) is 0 Å². The van der Waals surface area contributed by atoms with Crippen molar-refractivity contribution in [1.29, 1.82) is 0 Å². The van der Waals surface area contributed by atoms with E-state index in [1.165, 1.54) is 11.9 Å². The maximum Gasteiger partial charge on any atom is 0.243 e. The van der Waals surface area contributed by atoms with Gasteiger partial charge in [0.25, 0.3) is 0 Å². The van der Waals surface area contributed by atoms with E-state index in [4.69, 9.17) is 16.3 Å². The highest BCUT2D eigenvalue weighted by molar-refractivity contribution is 9.10. The van der Waals surface area contributed by atoms with Crippen LogP contribution < -0.4 is 0 Å². The Kier molecular flexibility index (Phi) is 4.18. The number of nitrogens with zero attached hydrogens (tertiary/aromatic N) is 2. The molecule has 0 aliphatic carbocycles. The highest BCUT2D eigenvalue weighted by Gasteiger charge is 2.34. The number of rotatable bonds is 2. The molecule has 0 radical (unpaired) electrons. The van der Waals surface area contributed by atoms with Crippen LogP contribution in [-0.4, -0.2) is 16.8 Å². The summed E-state index contributed by atoms with van der Waals surface area (Å²) in [6.45, 7) is 1.45. The molecule has 112 valence electrons. The molecule has 1 amide bonds. The normalized spacial score (nSPS) is 17.1. The zero-order valence-corrected chi connectivity index (χ0v) is 14.0. The number of hydrogen-bond acceptors (Lipinski definition) is 3. The van der Waals surface area contributed by atoms with Crippen LogP contribution in [0.5, 0.6) is 0 Å². The van der Waals surface area contributed by atoms with Gasteiger partial charge < -0.3 is 4.74 Å². The minimum atomic E-state index is -0.648. The topological polar surface area (TPSA) is 41.9 Å². The monoisotopic (exact) mass is 378 g/mol. The molecule has 1 atom stereocenters. The van der Waals surface area contributed by atoms with E-state index >= 15 is 0 Å². The second kappa shape index (κ2) is 6.10. The lowest BCUT2D eigenvalue weighted by Crippen LogP contribution is -2.25. The van der Waals surface area contributed by atoms with Gasteiger partial charge in [-0.2, -0.15) is 5.01 Å². The number of halogens is 2. The van der Waals surface area contributed by atoms with Crippen LogP contribution in [0.1, 0.15) is 24.3 Å². The quantitative estimate of drug-likeness (QED) is 0.779. The van der Waals surface area contributed by atoms with Gasteiger partial charge in [-0.1, -0.05) is 45.7 Å². The number of amides is 1. The van der Waals surface area contributed by atoms with Crippen molar-refractivity contribution in [2.45, 2.75) is 13.2 Å². The molecule has 0 N–H and O–H groups in total. The van der Waals surface area contributed by atoms with Gasteiger partial charge in [0.1, 0.15) is 0 Å². The Morgan fingerprint density at radius 3 is 2.55 bits per heavy atom. The number of ether oxygens (including phenoxy) is 1. The average molecular weight is 380 g/mol. The first-order valence-electron chi connectivity index (χ1n) is 6.61. The number of carbonyl (C=O) groups is 1. The summed E-state index contributed by atoms with van der Waals surface area (Å²) in [5.41, 5.74) is 1.50. The molecule has 2 aromatic rings. The van der Waals surface area contributed by atoms with Crippen molar-refractivity contribution in [3.63, 3.8) is 0 Å². The molecule has 22 heavy (non-hydrogen) atoms. The van der Waals surface area contributed by atoms with Crippen molar-refractivity contribution in [3.8, 4) is 0 Å². The maximum atomic E-state index is 11.9. The summed E-state index contributed by atoms with van der Waals surface area (Å²) in [7, 11) is 0. The van der Waals surface area contributed by atoms with Gasteiger partial charge in [0.15, 0.2) is 0 Å². The van der Waals surface area contributed by atoms with Gasteiger partial charge in [-0.3, -0.25) is 4.79 Å². The summed E-state index contributed by atoms with van der Waals surface area (Å²) >= 11 is 9.60. The van der Waals surface area contributed by atoms with Gasteiger partial charge in [0.05, 0.1) is 0 Å². The third-order valence-electron chi connectivity index (χ3n) is 3.23. The molecule has 0 fully saturated rings. The molecule has 0 saturated carbocycles. The van der Waals surface area contributed by atoms with Crippen LogP contribution in [0.2, 0.25) is 5.02 Å². The number of carbonyl (C=O) groups excluding carboxylic acids is 1. The van der Waals surface area contributed by atoms with Crippen molar-refractivity contribution < 1.29 is 9.53 Å². The Balaban J connectivity index is 1.96. The molecule has 2 aromatic carbocycles. The smallest absolute Gasteiger partial charge is 0.243 e. The Hall–Kier alpha value is -1.85. The molecule has 0 spiro atoms. The minimum Gasteiger partial charge on any atom is -0.446 e. The van der Waals surface area contributed by atoms with E-state index in [-0.39, 0.29) is 5.91 Å². The van der Waals surface area contributed by atoms with Crippen LogP contribution in [0.15, 0.2) is 58.1 Å². The van der Waals surface area contributed by atoms with E-state index in [2.05, 4.69) is 21.0 Å². The summed E-state index contributed by atoms with van der Waals surface area (Å²) in [4.78, 5) is 11.9. The van der Waals surface area contributed by atoms with Crippen LogP contribution in [0, 0.1) is 0 Å². The highest BCUT2D eigenvalue weighted by Crippen LogP contribution is 2.34. The standard InChI is InChI=1S/C16H12BrClN2O2/c1-10(21)20-16(13-4-2-3-5-14(13)18)22-15(19-20)11-6-8-12(17)9-7-11/h2-9,16H,1H3/t16-/m1/s1. The van der Waals surface area contributed by atoms with Crippen LogP contribution in [-0.2, 0) is 9.53 Å². The Labute approximate surface area is 141 Å². The van der Waals surface area contributed by atoms with Crippen LogP contribution in [0.25, 0.3) is 0 Å². The third-order valence-corrected chi connectivity index (χ3v) is 4.10. The predicted molar refractivity (Wildman–Crippen MR) is 88.5 cm³/mol. The molecular formula is C16H12BrClN2O2. The Morgan fingerprint density at radius 1 is 1.23 bits per heavy atom. The zero-order chi connectivity index (χ0) is 15.7. The Morgan fingerprint density at radius 2 is 1.91 bits per heavy atom. The molecule has 1 aliphatic heterocycles. The van der Waals surface area contributed by atoms with E-state index in [1.807, 2.05) is 42.5 Å². The fourth-order valence-electron chi connectivity index (χ4n) is 2.15. The Bertz CT molecular complexity index is 746. The van der Waals surface area contributed by atoms with Crippen molar-refractivity contribution >= 4 is 39.3 Å². The van der Waals surface area contributed by atoms with Gasteiger partial charge in [0, 0.05) is 27.5 Å². The van der Waals surface area contributed by atoms with Gasteiger partial charge in [-0.25, -0.2) is 0 Å². The van der Waals surface area contributed by atoms with Crippen LogP contribution in [0.4, 0.5) is 0 Å². The molecule has 3 rings (SSSR count). The first-order valence-corrected chi connectivity index (χ1v) is 7.79. The molecular weight excluding hydrogens is 368 g/mol. The van der Waals surface area contributed by atoms with Gasteiger partial charge in [0.2, 0.25) is 18.0 Å². The van der Waals surface area contributed by atoms with E-state index in [0.29, 0.717) is 16.5 Å². The molecule has 6 heteroatoms. The van der Waals surface area contributed by atoms with E-state index in [0.717, 1.165) is 10.0 Å².